The van der Waals surface area contributed by atoms with Crippen LogP contribution in [0.2, 0.25) is 0 Å². The highest BCUT2D eigenvalue weighted by atomic mass is 19.4. The van der Waals surface area contributed by atoms with Gasteiger partial charge in [-0.25, -0.2) is 4.79 Å². The average molecular weight is 359 g/mol. The van der Waals surface area contributed by atoms with Crippen LogP contribution in [0.3, 0.4) is 0 Å². The first-order valence-electron chi connectivity index (χ1n) is 6.29. The summed E-state index contributed by atoms with van der Waals surface area (Å²) >= 11 is 0. The monoisotopic (exact) mass is 359 g/mol. The summed E-state index contributed by atoms with van der Waals surface area (Å²) < 4.78 is 80.8. The van der Waals surface area contributed by atoms with E-state index in [1.165, 1.54) is 11.4 Å². The van der Waals surface area contributed by atoms with Crippen LogP contribution < -0.4 is 10.1 Å². The quantitative estimate of drug-likeness (QED) is 0.649. The van der Waals surface area contributed by atoms with Gasteiger partial charge in [0.2, 0.25) is 0 Å². The fourth-order valence-corrected chi connectivity index (χ4v) is 1.46. The number of hydrogen-bond donors (Lipinski definition) is 1. The number of amides is 1. The van der Waals surface area contributed by atoms with Crippen molar-refractivity contribution in [2.24, 2.45) is 0 Å². The van der Waals surface area contributed by atoms with Crippen LogP contribution >= 0.6 is 0 Å². The molecule has 0 heterocycles. The van der Waals surface area contributed by atoms with Gasteiger partial charge in [-0.15, -0.1) is 13.2 Å². The molecule has 0 aliphatic heterocycles. The lowest BCUT2D eigenvalue weighted by molar-refractivity contribution is -0.274. The zero-order valence-electron chi connectivity index (χ0n) is 12.0. The maximum Gasteiger partial charge on any atom is 0.573 e. The van der Waals surface area contributed by atoms with E-state index >= 15 is 0 Å². The summed E-state index contributed by atoms with van der Waals surface area (Å²) in [5.41, 5.74) is -0.634. The number of nitrogens with one attached hydrogen (secondary N) is 1. The molecule has 1 unspecified atom stereocenters. The number of alkyl halides is 6. The number of carbonyl (C=O) groups is 2. The lowest BCUT2D eigenvalue weighted by Crippen LogP contribution is -2.40. The van der Waals surface area contributed by atoms with Crippen LogP contribution in [0.1, 0.15) is 17.3 Å². The lowest BCUT2D eigenvalue weighted by Gasteiger charge is -2.16. The van der Waals surface area contributed by atoms with E-state index < -0.39 is 48.4 Å². The number of ether oxygens (including phenoxy) is 2. The zero-order chi connectivity index (χ0) is 18.5. The highest BCUT2D eigenvalue weighted by molar-refractivity contribution is 5.94. The summed E-state index contributed by atoms with van der Waals surface area (Å²) in [5, 5.41) is 1.48. The second-order valence-electron chi connectivity index (χ2n) is 4.42. The number of benzene rings is 1. The summed E-state index contributed by atoms with van der Waals surface area (Å²) in [6.45, 7) is -0.668. The van der Waals surface area contributed by atoms with Crippen molar-refractivity contribution < 1.29 is 45.4 Å². The number of hydrogen-bond acceptors (Lipinski definition) is 4. The normalized spacial score (nSPS) is 13.1. The molecule has 134 valence electrons. The molecule has 0 fully saturated rings. The molecule has 0 aliphatic rings. The molecule has 0 radical (unpaired) electrons. The molecule has 24 heavy (non-hydrogen) atoms. The van der Waals surface area contributed by atoms with Gasteiger partial charge < -0.3 is 14.8 Å². The Hall–Kier alpha value is -2.46. The Kier molecular flexibility index (Phi) is 6.04. The molecule has 1 aromatic rings. The molecule has 0 saturated heterocycles. The number of carbonyl (C=O) groups excluding carboxylic acids is 2. The van der Waals surface area contributed by atoms with Gasteiger partial charge in [0.15, 0.2) is 6.10 Å². The molecule has 5 nitrogen and oxygen atoms in total. The zero-order valence-corrected chi connectivity index (χ0v) is 12.0. The molecule has 0 saturated carbocycles. The van der Waals surface area contributed by atoms with Crippen LogP contribution in [-0.2, 0) is 9.53 Å². The Morgan fingerprint density at radius 2 is 1.71 bits per heavy atom. The second-order valence-corrected chi connectivity index (χ2v) is 4.42. The van der Waals surface area contributed by atoms with Crippen LogP contribution in [0.25, 0.3) is 0 Å². The highest BCUT2D eigenvalue weighted by Gasteiger charge is 2.34. The van der Waals surface area contributed by atoms with Gasteiger partial charge >= 0.3 is 18.5 Å². The number of halogens is 6. The molecular formula is C13H11F6NO4. The molecule has 0 bridgehead atoms. The third-order valence-corrected chi connectivity index (χ3v) is 2.45. The lowest BCUT2D eigenvalue weighted by atomic mass is 10.2. The fraction of sp³-hybridized carbons (Fsp3) is 0.385. The maximum atomic E-state index is 12.2. The summed E-state index contributed by atoms with van der Waals surface area (Å²) in [4.78, 5) is 23.2. The van der Waals surface area contributed by atoms with Crippen molar-refractivity contribution in [1.82, 2.24) is 5.32 Å². The maximum absolute atomic E-state index is 12.2. The Balaban J connectivity index is 2.76. The van der Waals surface area contributed by atoms with Gasteiger partial charge in [-0.1, -0.05) is 12.1 Å². The molecule has 0 spiro atoms. The number of esters is 1. The van der Waals surface area contributed by atoms with Gasteiger partial charge in [-0.05, 0) is 19.1 Å². The third kappa shape index (κ3) is 6.75. The van der Waals surface area contributed by atoms with Crippen molar-refractivity contribution >= 4 is 11.9 Å². The van der Waals surface area contributed by atoms with Crippen molar-refractivity contribution in [1.29, 1.82) is 0 Å². The largest absolute Gasteiger partial charge is 0.573 e. The smallest absolute Gasteiger partial charge is 0.449 e. The average Bonchev–Trinajstić information content (AvgIpc) is 2.42. The van der Waals surface area contributed by atoms with Gasteiger partial charge in [0.25, 0.3) is 5.91 Å². The van der Waals surface area contributed by atoms with Crippen molar-refractivity contribution in [2.75, 3.05) is 6.54 Å². The Morgan fingerprint density at radius 3 is 2.25 bits per heavy atom. The minimum Gasteiger partial charge on any atom is -0.449 e. The van der Waals surface area contributed by atoms with Crippen LogP contribution in [0.15, 0.2) is 24.3 Å². The molecule has 0 aromatic heterocycles. The van der Waals surface area contributed by atoms with Gasteiger partial charge in [0.05, 0.1) is 0 Å². The van der Waals surface area contributed by atoms with Gasteiger partial charge in [0, 0.05) is 0 Å². The molecular weight excluding hydrogens is 348 g/mol. The molecule has 1 rings (SSSR count). The van der Waals surface area contributed by atoms with E-state index in [9.17, 15) is 35.9 Å². The van der Waals surface area contributed by atoms with E-state index in [1.54, 1.807) is 0 Å². The van der Waals surface area contributed by atoms with Crippen molar-refractivity contribution in [3.05, 3.63) is 29.8 Å². The molecule has 0 aliphatic carbocycles. The summed E-state index contributed by atoms with van der Waals surface area (Å²) in [7, 11) is 0. The van der Waals surface area contributed by atoms with Crippen molar-refractivity contribution in [2.45, 2.75) is 25.6 Å². The van der Waals surface area contributed by atoms with Crippen molar-refractivity contribution in [3.8, 4) is 5.75 Å². The van der Waals surface area contributed by atoms with Gasteiger partial charge in [-0.3, -0.25) is 4.79 Å². The number of rotatable bonds is 5. The van der Waals surface area contributed by atoms with E-state index in [0.29, 0.717) is 0 Å². The Morgan fingerprint density at radius 1 is 1.12 bits per heavy atom. The Bertz CT molecular complexity index is 599. The summed E-state index contributed by atoms with van der Waals surface area (Å²) in [6.07, 6.45) is -11.4. The predicted molar refractivity (Wildman–Crippen MR) is 67.1 cm³/mol. The van der Waals surface area contributed by atoms with E-state index in [2.05, 4.69) is 9.47 Å². The SMILES string of the molecule is CC(OC(=O)c1ccccc1OC(F)(F)F)C(=O)NCC(F)(F)F. The first-order valence-corrected chi connectivity index (χ1v) is 6.29. The minimum absolute atomic E-state index is 0.634. The standard InChI is InChI=1S/C13H11F6NO4/c1-7(10(21)20-6-12(14,15)16)23-11(22)8-4-2-3-5-9(8)24-13(17,18)19/h2-5,7H,6H2,1H3,(H,20,21). The van der Waals surface area contributed by atoms with Crippen LogP contribution in [0.4, 0.5) is 26.3 Å². The van der Waals surface area contributed by atoms with Gasteiger partial charge in [0.1, 0.15) is 17.9 Å². The van der Waals surface area contributed by atoms with E-state index in [1.807, 2.05) is 0 Å². The van der Waals surface area contributed by atoms with Crippen LogP contribution in [0.5, 0.6) is 5.75 Å². The van der Waals surface area contributed by atoms with Crippen LogP contribution in [-0.4, -0.2) is 37.1 Å². The third-order valence-electron chi connectivity index (χ3n) is 2.45. The first-order chi connectivity index (χ1) is 10.9. The van der Waals surface area contributed by atoms with Gasteiger partial charge in [-0.2, -0.15) is 13.2 Å². The van der Waals surface area contributed by atoms with E-state index in [4.69, 9.17) is 0 Å². The molecule has 1 N–H and O–H groups in total. The second kappa shape index (κ2) is 7.41. The topological polar surface area (TPSA) is 64.6 Å². The molecule has 11 heteroatoms. The Labute approximate surface area is 131 Å². The van der Waals surface area contributed by atoms with Crippen molar-refractivity contribution in [3.63, 3.8) is 0 Å². The number of para-hydroxylation sites is 1. The summed E-state index contributed by atoms with van der Waals surface area (Å²) in [6, 6.07) is 4.17. The van der Waals surface area contributed by atoms with Crippen LogP contribution in [0, 0.1) is 0 Å². The first kappa shape index (κ1) is 19.6. The summed E-state index contributed by atoms with van der Waals surface area (Å²) in [5.74, 6) is -3.47. The predicted octanol–water partition coefficient (Wildman–Crippen LogP) is 2.81. The van der Waals surface area contributed by atoms with E-state index in [0.717, 1.165) is 25.1 Å². The van der Waals surface area contributed by atoms with E-state index in [-0.39, 0.29) is 0 Å². The minimum atomic E-state index is -5.06. The highest BCUT2D eigenvalue weighted by Crippen LogP contribution is 2.27. The molecule has 1 atom stereocenters. The molecule has 1 aromatic carbocycles. The molecule has 1 amide bonds. The fourth-order valence-electron chi connectivity index (χ4n) is 1.46.